The number of amides is 2. The van der Waals surface area contributed by atoms with Gasteiger partial charge in [0.1, 0.15) is 0 Å². The Balaban J connectivity index is 2.02. The van der Waals surface area contributed by atoms with E-state index in [2.05, 4.69) is 5.32 Å². The van der Waals surface area contributed by atoms with Gasteiger partial charge in [-0.25, -0.2) is 0 Å². The van der Waals surface area contributed by atoms with Gasteiger partial charge < -0.3 is 19.7 Å². The van der Waals surface area contributed by atoms with Crippen LogP contribution >= 0.6 is 0 Å². The van der Waals surface area contributed by atoms with E-state index in [1.54, 1.807) is 25.2 Å². The van der Waals surface area contributed by atoms with Crippen LogP contribution in [0, 0.1) is 6.92 Å². The van der Waals surface area contributed by atoms with Gasteiger partial charge in [-0.3, -0.25) is 9.59 Å². The third-order valence-corrected chi connectivity index (χ3v) is 3.77. The maximum Gasteiger partial charge on any atom is 0.254 e. The maximum atomic E-state index is 12.6. The molecule has 2 rings (SSSR count). The Kier molecular flexibility index (Phi) is 6.60. The first-order chi connectivity index (χ1) is 12.4. The van der Waals surface area contributed by atoms with E-state index < -0.39 is 0 Å². The number of carbonyl (C=O) groups excluding carboxylic acids is 2. The fourth-order valence-electron chi connectivity index (χ4n) is 2.42. The van der Waals surface area contributed by atoms with E-state index in [1.165, 1.54) is 12.0 Å². The summed E-state index contributed by atoms with van der Waals surface area (Å²) in [5.41, 5.74) is 2.24. The molecule has 0 heterocycles. The highest BCUT2D eigenvalue weighted by atomic mass is 16.5. The second kappa shape index (κ2) is 8.89. The number of rotatable bonds is 7. The lowest BCUT2D eigenvalue weighted by atomic mass is 10.1. The minimum absolute atomic E-state index is 0.0533. The standard InChI is InChI=1S/C20H24N2O4/c1-5-26-17-11-8-15(12-18(17)25-4)20(24)22(3)13-19(23)21-16-9-6-14(2)7-10-16/h6-12H,5,13H2,1-4H3,(H,21,23). The zero-order valence-corrected chi connectivity index (χ0v) is 15.5. The molecule has 2 amide bonds. The van der Waals surface area contributed by atoms with Crippen molar-refractivity contribution in [3.05, 3.63) is 53.6 Å². The highest BCUT2D eigenvalue weighted by Crippen LogP contribution is 2.28. The first-order valence-electron chi connectivity index (χ1n) is 8.37. The van der Waals surface area contributed by atoms with Crippen molar-refractivity contribution < 1.29 is 19.1 Å². The Morgan fingerprint density at radius 3 is 2.38 bits per heavy atom. The summed E-state index contributed by atoms with van der Waals surface area (Å²) >= 11 is 0. The SMILES string of the molecule is CCOc1ccc(C(=O)N(C)CC(=O)Nc2ccc(C)cc2)cc1OC. The summed E-state index contributed by atoms with van der Waals surface area (Å²) in [6.07, 6.45) is 0. The van der Waals surface area contributed by atoms with Crippen LogP contribution in [-0.4, -0.2) is 44.0 Å². The van der Waals surface area contributed by atoms with Crippen LogP contribution in [0.2, 0.25) is 0 Å². The van der Waals surface area contributed by atoms with Crippen LogP contribution in [-0.2, 0) is 4.79 Å². The highest BCUT2D eigenvalue weighted by molar-refractivity contribution is 5.99. The van der Waals surface area contributed by atoms with Crippen molar-refractivity contribution >= 4 is 17.5 Å². The van der Waals surface area contributed by atoms with E-state index in [1.807, 2.05) is 38.1 Å². The van der Waals surface area contributed by atoms with E-state index in [-0.39, 0.29) is 18.4 Å². The largest absolute Gasteiger partial charge is 0.493 e. The summed E-state index contributed by atoms with van der Waals surface area (Å²) in [4.78, 5) is 26.1. The van der Waals surface area contributed by atoms with E-state index in [0.29, 0.717) is 29.4 Å². The number of nitrogens with one attached hydrogen (secondary N) is 1. The Morgan fingerprint density at radius 2 is 1.77 bits per heavy atom. The second-order valence-electron chi connectivity index (χ2n) is 5.87. The Bertz CT molecular complexity index is 772. The monoisotopic (exact) mass is 356 g/mol. The molecule has 0 saturated carbocycles. The number of benzene rings is 2. The van der Waals surface area contributed by atoms with Gasteiger partial charge in [0.2, 0.25) is 5.91 Å². The minimum Gasteiger partial charge on any atom is -0.493 e. The number of hydrogen-bond acceptors (Lipinski definition) is 4. The maximum absolute atomic E-state index is 12.6. The van der Waals surface area contributed by atoms with E-state index in [0.717, 1.165) is 5.56 Å². The summed E-state index contributed by atoms with van der Waals surface area (Å²) in [7, 11) is 3.10. The first kappa shape index (κ1) is 19.3. The van der Waals surface area contributed by atoms with Crippen molar-refractivity contribution in [1.29, 1.82) is 0 Å². The fourth-order valence-corrected chi connectivity index (χ4v) is 2.42. The molecular formula is C20H24N2O4. The molecule has 0 radical (unpaired) electrons. The average Bonchev–Trinajstić information content (AvgIpc) is 2.63. The number of likely N-dealkylation sites (N-methyl/N-ethyl adjacent to an activating group) is 1. The Morgan fingerprint density at radius 1 is 1.08 bits per heavy atom. The molecule has 26 heavy (non-hydrogen) atoms. The number of nitrogens with zero attached hydrogens (tertiary/aromatic N) is 1. The minimum atomic E-state index is -0.273. The average molecular weight is 356 g/mol. The van der Waals surface area contributed by atoms with Gasteiger partial charge in [0, 0.05) is 18.3 Å². The van der Waals surface area contributed by atoms with Crippen LogP contribution in [0.3, 0.4) is 0 Å². The molecule has 2 aromatic rings. The summed E-state index contributed by atoms with van der Waals surface area (Å²) < 4.78 is 10.7. The molecular weight excluding hydrogens is 332 g/mol. The summed E-state index contributed by atoms with van der Waals surface area (Å²) in [6.45, 7) is 4.30. The van der Waals surface area contributed by atoms with Crippen molar-refractivity contribution in [2.24, 2.45) is 0 Å². The normalized spacial score (nSPS) is 10.2. The van der Waals surface area contributed by atoms with Crippen LogP contribution < -0.4 is 14.8 Å². The zero-order valence-electron chi connectivity index (χ0n) is 15.5. The van der Waals surface area contributed by atoms with Crippen LogP contribution in [0.4, 0.5) is 5.69 Å². The van der Waals surface area contributed by atoms with Gasteiger partial charge in [0.25, 0.3) is 5.91 Å². The molecule has 0 spiro atoms. The number of hydrogen-bond donors (Lipinski definition) is 1. The number of carbonyl (C=O) groups is 2. The van der Waals surface area contributed by atoms with Gasteiger partial charge >= 0.3 is 0 Å². The van der Waals surface area contributed by atoms with Crippen molar-refractivity contribution in [1.82, 2.24) is 4.90 Å². The number of ether oxygens (including phenoxy) is 2. The van der Waals surface area contributed by atoms with Gasteiger partial charge in [-0.15, -0.1) is 0 Å². The highest BCUT2D eigenvalue weighted by Gasteiger charge is 2.17. The van der Waals surface area contributed by atoms with Crippen molar-refractivity contribution in [2.45, 2.75) is 13.8 Å². The molecule has 0 aliphatic heterocycles. The third kappa shape index (κ3) is 4.99. The van der Waals surface area contributed by atoms with Crippen LogP contribution in [0.25, 0.3) is 0 Å². The molecule has 0 bridgehead atoms. The smallest absolute Gasteiger partial charge is 0.254 e. The third-order valence-electron chi connectivity index (χ3n) is 3.77. The van der Waals surface area contributed by atoms with E-state index >= 15 is 0 Å². The molecule has 0 aliphatic rings. The lowest BCUT2D eigenvalue weighted by Gasteiger charge is -2.18. The molecule has 2 aromatic carbocycles. The molecule has 0 aliphatic carbocycles. The Hall–Kier alpha value is -3.02. The summed E-state index contributed by atoms with van der Waals surface area (Å²) in [5, 5.41) is 2.78. The molecule has 0 fully saturated rings. The van der Waals surface area contributed by atoms with Gasteiger partial charge in [-0.2, -0.15) is 0 Å². The predicted molar refractivity (Wildman–Crippen MR) is 101 cm³/mol. The molecule has 0 saturated heterocycles. The lowest BCUT2D eigenvalue weighted by molar-refractivity contribution is -0.116. The van der Waals surface area contributed by atoms with E-state index in [9.17, 15) is 9.59 Å². The molecule has 0 unspecified atom stereocenters. The molecule has 0 aromatic heterocycles. The fraction of sp³-hybridized carbons (Fsp3) is 0.300. The van der Waals surface area contributed by atoms with Gasteiger partial charge in [-0.1, -0.05) is 17.7 Å². The van der Waals surface area contributed by atoms with Gasteiger partial charge in [0.05, 0.1) is 20.3 Å². The van der Waals surface area contributed by atoms with Gasteiger partial charge in [0.15, 0.2) is 11.5 Å². The van der Waals surface area contributed by atoms with Crippen LogP contribution in [0.1, 0.15) is 22.8 Å². The zero-order chi connectivity index (χ0) is 19.1. The molecule has 6 heteroatoms. The Labute approximate surface area is 153 Å². The molecule has 138 valence electrons. The molecule has 0 atom stereocenters. The quantitative estimate of drug-likeness (QED) is 0.828. The summed E-state index contributed by atoms with van der Waals surface area (Å²) in [6, 6.07) is 12.4. The van der Waals surface area contributed by atoms with E-state index in [4.69, 9.17) is 9.47 Å². The van der Waals surface area contributed by atoms with Gasteiger partial charge in [-0.05, 0) is 44.2 Å². The summed E-state index contributed by atoms with van der Waals surface area (Å²) in [5.74, 6) is 0.523. The number of methoxy groups -OCH3 is 1. The van der Waals surface area contributed by atoms with Crippen molar-refractivity contribution in [3.63, 3.8) is 0 Å². The topological polar surface area (TPSA) is 67.9 Å². The molecule has 1 N–H and O–H groups in total. The first-order valence-corrected chi connectivity index (χ1v) is 8.37. The van der Waals surface area contributed by atoms with Crippen molar-refractivity contribution in [3.8, 4) is 11.5 Å². The number of aryl methyl sites for hydroxylation is 1. The lowest BCUT2D eigenvalue weighted by Crippen LogP contribution is -2.34. The second-order valence-corrected chi connectivity index (χ2v) is 5.87. The van der Waals surface area contributed by atoms with Crippen molar-refractivity contribution in [2.75, 3.05) is 32.6 Å². The van der Waals surface area contributed by atoms with Crippen LogP contribution in [0.5, 0.6) is 11.5 Å². The number of anilines is 1. The van der Waals surface area contributed by atoms with Crippen LogP contribution in [0.15, 0.2) is 42.5 Å². The predicted octanol–water partition coefficient (Wildman–Crippen LogP) is 3.11. The molecule has 6 nitrogen and oxygen atoms in total.